The number of hydrogen-bond donors (Lipinski definition) is 0. The Bertz CT molecular complexity index is 1050. The molecule has 0 saturated carbocycles. The van der Waals surface area contributed by atoms with Gasteiger partial charge in [0.25, 0.3) is 0 Å². The molecule has 1 fully saturated rings. The van der Waals surface area contributed by atoms with Crippen molar-refractivity contribution in [2.24, 2.45) is 0 Å². The Morgan fingerprint density at radius 3 is 2.33 bits per heavy atom. The van der Waals surface area contributed by atoms with Gasteiger partial charge >= 0.3 is 0 Å². The van der Waals surface area contributed by atoms with E-state index in [4.69, 9.17) is 22.1 Å². The van der Waals surface area contributed by atoms with Gasteiger partial charge in [-0.25, -0.2) is 4.68 Å². The van der Waals surface area contributed by atoms with Crippen molar-refractivity contribution in [3.63, 3.8) is 0 Å². The van der Waals surface area contributed by atoms with Crippen molar-refractivity contribution < 1.29 is 4.74 Å². The first kappa shape index (κ1) is 20.6. The molecule has 0 radical (unpaired) electrons. The molecular weight excluding hydrogens is 394 g/mol. The summed E-state index contributed by atoms with van der Waals surface area (Å²) in [6, 6.07) is 16.7. The van der Waals surface area contributed by atoms with Crippen LogP contribution in [-0.4, -0.2) is 52.5 Å². The molecule has 1 aromatic heterocycles. The highest BCUT2D eigenvalue weighted by Crippen LogP contribution is 2.23. The topological polar surface area (TPSA) is 38.5 Å². The molecule has 0 aliphatic carbocycles. The molecule has 7 heteroatoms. The Labute approximate surface area is 183 Å². The zero-order chi connectivity index (χ0) is 21.1. The summed E-state index contributed by atoms with van der Waals surface area (Å²) < 4.78 is 10.2. The Balaban J connectivity index is 1.46. The van der Waals surface area contributed by atoms with Crippen LogP contribution in [-0.2, 0) is 13.2 Å². The third kappa shape index (κ3) is 4.13. The first-order valence-corrected chi connectivity index (χ1v) is 10.9. The first-order chi connectivity index (χ1) is 14.6. The van der Waals surface area contributed by atoms with Crippen molar-refractivity contribution in [1.82, 2.24) is 19.2 Å². The molecule has 3 aromatic rings. The molecule has 0 spiro atoms. The molecule has 30 heavy (non-hydrogen) atoms. The van der Waals surface area contributed by atoms with Gasteiger partial charge in [-0.2, -0.15) is 5.10 Å². The molecule has 1 saturated heterocycles. The Morgan fingerprint density at radius 1 is 1.00 bits per heavy atom. The number of piperazine rings is 1. The van der Waals surface area contributed by atoms with Crippen LogP contribution in [0.3, 0.4) is 0 Å². The molecule has 0 N–H and O–H groups in total. The number of ether oxygens (including phenoxy) is 1. The number of rotatable bonds is 6. The van der Waals surface area contributed by atoms with Crippen LogP contribution in [0, 0.1) is 11.7 Å². The largest absolute Gasteiger partial charge is 0.497 e. The van der Waals surface area contributed by atoms with Crippen molar-refractivity contribution in [3.05, 3.63) is 58.9 Å². The second-order valence-electron chi connectivity index (χ2n) is 7.61. The summed E-state index contributed by atoms with van der Waals surface area (Å²) >= 11 is 5.76. The van der Waals surface area contributed by atoms with Crippen LogP contribution >= 0.6 is 12.2 Å². The second kappa shape index (κ2) is 9.02. The van der Waals surface area contributed by atoms with Crippen LogP contribution in [0.5, 0.6) is 5.75 Å². The van der Waals surface area contributed by atoms with Crippen molar-refractivity contribution in [3.8, 4) is 17.1 Å². The van der Waals surface area contributed by atoms with Crippen LogP contribution < -0.4 is 9.64 Å². The van der Waals surface area contributed by atoms with Crippen LogP contribution in [0.4, 0.5) is 5.69 Å². The number of aromatic nitrogens is 3. The minimum atomic E-state index is 0.723. The molecule has 2 heterocycles. The lowest BCUT2D eigenvalue weighted by molar-refractivity contribution is 0.194. The second-order valence-corrected chi connectivity index (χ2v) is 7.97. The molecule has 0 bridgehead atoms. The van der Waals surface area contributed by atoms with Crippen molar-refractivity contribution in [2.45, 2.75) is 27.1 Å². The van der Waals surface area contributed by atoms with Gasteiger partial charge in [-0.15, -0.1) is 0 Å². The summed E-state index contributed by atoms with van der Waals surface area (Å²) in [6.07, 6.45) is 0. The van der Waals surface area contributed by atoms with E-state index >= 15 is 0 Å². The number of benzene rings is 2. The van der Waals surface area contributed by atoms with E-state index in [1.54, 1.807) is 7.11 Å². The molecule has 0 unspecified atom stereocenters. The third-order valence-corrected chi connectivity index (χ3v) is 6.20. The van der Waals surface area contributed by atoms with Gasteiger partial charge in [0.15, 0.2) is 10.6 Å². The van der Waals surface area contributed by atoms with E-state index in [-0.39, 0.29) is 0 Å². The molecule has 2 aromatic carbocycles. The Kier molecular flexibility index (Phi) is 6.20. The van der Waals surface area contributed by atoms with Gasteiger partial charge in [-0.3, -0.25) is 4.90 Å². The van der Waals surface area contributed by atoms with E-state index in [1.807, 2.05) is 16.8 Å². The smallest absolute Gasteiger partial charge is 0.199 e. The van der Waals surface area contributed by atoms with Crippen molar-refractivity contribution in [2.75, 3.05) is 38.2 Å². The molecule has 0 atom stereocenters. The molecule has 1 aliphatic rings. The van der Waals surface area contributed by atoms with Gasteiger partial charge in [0.2, 0.25) is 0 Å². The molecule has 1 aliphatic heterocycles. The standard InChI is InChI=1S/C23H29N5OS/c1-4-27-22(21-8-6-5-7-18(21)2)24-28(23(27)30)17-25-13-15-26(16-14-25)19-9-11-20(29-3)12-10-19/h5-12H,4,13-17H2,1-3H3. The highest BCUT2D eigenvalue weighted by Gasteiger charge is 2.20. The minimum Gasteiger partial charge on any atom is -0.497 e. The summed E-state index contributed by atoms with van der Waals surface area (Å²) in [5.41, 5.74) is 3.60. The maximum absolute atomic E-state index is 5.76. The first-order valence-electron chi connectivity index (χ1n) is 10.5. The van der Waals surface area contributed by atoms with Crippen LogP contribution in [0.15, 0.2) is 48.5 Å². The lowest BCUT2D eigenvalue weighted by Crippen LogP contribution is -2.47. The molecule has 6 nitrogen and oxygen atoms in total. The lowest BCUT2D eigenvalue weighted by Gasteiger charge is -2.35. The zero-order valence-corrected chi connectivity index (χ0v) is 18.7. The minimum absolute atomic E-state index is 0.723. The van der Waals surface area contributed by atoms with Gasteiger partial charge < -0.3 is 14.2 Å². The van der Waals surface area contributed by atoms with Crippen LogP contribution in [0.25, 0.3) is 11.4 Å². The van der Waals surface area contributed by atoms with Gasteiger partial charge in [0.05, 0.1) is 13.8 Å². The van der Waals surface area contributed by atoms with E-state index < -0.39 is 0 Å². The maximum atomic E-state index is 5.76. The van der Waals surface area contributed by atoms with Crippen LogP contribution in [0.1, 0.15) is 12.5 Å². The third-order valence-electron chi connectivity index (χ3n) is 5.77. The van der Waals surface area contributed by atoms with E-state index in [1.165, 1.54) is 11.3 Å². The monoisotopic (exact) mass is 423 g/mol. The van der Waals surface area contributed by atoms with Gasteiger partial charge in [-0.05, 0) is 55.9 Å². The van der Waals surface area contributed by atoms with E-state index in [0.29, 0.717) is 0 Å². The summed E-state index contributed by atoms with van der Waals surface area (Å²) in [7, 11) is 1.70. The average molecular weight is 424 g/mol. The maximum Gasteiger partial charge on any atom is 0.199 e. The number of nitrogens with zero attached hydrogens (tertiary/aromatic N) is 5. The highest BCUT2D eigenvalue weighted by molar-refractivity contribution is 7.71. The number of anilines is 1. The van der Waals surface area contributed by atoms with Crippen molar-refractivity contribution in [1.29, 1.82) is 0 Å². The molecular formula is C23H29N5OS. The highest BCUT2D eigenvalue weighted by atomic mass is 32.1. The number of methoxy groups -OCH3 is 1. The SMILES string of the molecule is CCn1c(-c2ccccc2C)nn(CN2CCN(c3ccc(OC)cc3)CC2)c1=S. The Morgan fingerprint density at radius 2 is 1.70 bits per heavy atom. The molecule has 0 amide bonds. The predicted molar refractivity (Wildman–Crippen MR) is 124 cm³/mol. The summed E-state index contributed by atoms with van der Waals surface area (Å²) in [4.78, 5) is 4.84. The fourth-order valence-electron chi connectivity index (χ4n) is 3.97. The van der Waals surface area contributed by atoms with E-state index in [0.717, 1.165) is 61.3 Å². The Hall–Kier alpha value is -2.64. The van der Waals surface area contributed by atoms with Crippen LogP contribution in [0.2, 0.25) is 0 Å². The van der Waals surface area contributed by atoms with Gasteiger partial charge in [-0.1, -0.05) is 24.3 Å². The predicted octanol–water partition coefficient (Wildman–Crippen LogP) is 4.20. The lowest BCUT2D eigenvalue weighted by atomic mass is 10.1. The van der Waals surface area contributed by atoms with E-state index in [2.05, 4.69) is 64.6 Å². The fourth-order valence-corrected chi connectivity index (χ4v) is 4.29. The summed E-state index contributed by atoms with van der Waals surface area (Å²) in [5.74, 6) is 1.85. The van der Waals surface area contributed by atoms with E-state index in [9.17, 15) is 0 Å². The quantitative estimate of drug-likeness (QED) is 0.556. The molecule has 4 rings (SSSR count). The summed E-state index contributed by atoms with van der Waals surface area (Å²) in [5, 5.41) is 4.91. The number of hydrogen-bond acceptors (Lipinski definition) is 5. The normalized spacial score (nSPS) is 14.8. The summed E-state index contributed by atoms with van der Waals surface area (Å²) in [6.45, 7) is 9.71. The average Bonchev–Trinajstić information content (AvgIpc) is 3.09. The fraction of sp³-hybridized carbons (Fsp3) is 0.391. The van der Waals surface area contributed by atoms with Gasteiger partial charge in [0, 0.05) is 44.0 Å². The zero-order valence-electron chi connectivity index (χ0n) is 17.9. The van der Waals surface area contributed by atoms with Gasteiger partial charge in [0.1, 0.15) is 5.75 Å². The van der Waals surface area contributed by atoms with Crippen molar-refractivity contribution >= 4 is 17.9 Å². The molecule has 158 valence electrons. The number of aryl methyl sites for hydroxylation is 1.